The number of halogens is 1. The summed E-state index contributed by atoms with van der Waals surface area (Å²) in [5, 5.41) is 3.38. The van der Waals surface area contributed by atoms with E-state index in [0.29, 0.717) is 0 Å². The quantitative estimate of drug-likeness (QED) is 0.801. The monoisotopic (exact) mass is 340 g/mol. The largest absolute Gasteiger partial charge is 0.383 e. The second-order valence-corrected chi connectivity index (χ2v) is 6.87. The van der Waals surface area contributed by atoms with E-state index in [1.165, 1.54) is 28.6 Å². The van der Waals surface area contributed by atoms with E-state index in [1.807, 2.05) is 0 Å². The fourth-order valence-corrected chi connectivity index (χ4v) is 3.34. The van der Waals surface area contributed by atoms with Gasteiger partial charge in [-0.05, 0) is 44.4 Å². The normalized spacial score (nSPS) is 17.7. The fourth-order valence-electron chi connectivity index (χ4n) is 2.83. The van der Waals surface area contributed by atoms with Crippen LogP contribution in [-0.2, 0) is 11.3 Å². The van der Waals surface area contributed by atoms with Crippen molar-refractivity contribution in [2.75, 3.05) is 31.7 Å². The second kappa shape index (κ2) is 6.92. The molecule has 0 aliphatic carbocycles. The number of rotatable bonds is 6. The third-order valence-corrected chi connectivity index (χ3v) is 4.79. The Morgan fingerprint density at radius 1 is 1.40 bits per heavy atom. The lowest BCUT2D eigenvalue weighted by Crippen LogP contribution is -2.38. The van der Waals surface area contributed by atoms with Crippen LogP contribution in [0, 0.1) is 0 Å². The van der Waals surface area contributed by atoms with Crippen molar-refractivity contribution in [1.82, 2.24) is 5.32 Å². The van der Waals surface area contributed by atoms with Gasteiger partial charge in [-0.1, -0.05) is 22.0 Å². The number of ether oxygens (including phenoxy) is 1. The van der Waals surface area contributed by atoms with E-state index < -0.39 is 0 Å². The summed E-state index contributed by atoms with van der Waals surface area (Å²) in [5.41, 5.74) is 2.89. The van der Waals surface area contributed by atoms with Crippen molar-refractivity contribution in [2.45, 2.75) is 38.8 Å². The summed E-state index contributed by atoms with van der Waals surface area (Å²) in [7, 11) is 1.73. The molecule has 1 aromatic carbocycles. The van der Waals surface area contributed by atoms with Crippen LogP contribution in [0.5, 0.6) is 0 Å². The van der Waals surface area contributed by atoms with Crippen LogP contribution in [0.4, 0.5) is 5.69 Å². The number of benzene rings is 1. The first-order valence-corrected chi connectivity index (χ1v) is 8.09. The Morgan fingerprint density at radius 3 is 2.80 bits per heavy atom. The van der Waals surface area contributed by atoms with Gasteiger partial charge in [0.2, 0.25) is 0 Å². The van der Waals surface area contributed by atoms with Gasteiger partial charge in [-0.25, -0.2) is 0 Å². The molecule has 1 aliphatic heterocycles. The average Bonchev–Trinajstić information content (AvgIpc) is 2.76. The van der Waals surface area contributed by atoms with Crippen LogP contribution in [-0.4, -0.2) is 32.3 Å². The van der Waals surface area contributed by atoms with Gasteiger partial charge < -0.3 is 15.0 Å². The molecule has 4 heteroatoms. The first-order chi connectivity index (χ1) is 9.54. The minimum atomic E-state index is 0.275. The summed E-state index contributed by atoms with van der Waals surface area (Å²) in [4.78, 5) is 2.51. The lowest BCUT2D eigenvalue weighted by molar-refractivity contribution is 0.199. The van der Waals surface area contributed by atoms with Crippen LogP contribution < -0.4 is 10.2 Å². The molecule has 112 valence electrons. The Bertz CT molecular complexity index is 448. The minimum Gasteiger partial charge on any atom is -0.383 e. The minimum absolute atomic E-state index is 0.275. The van der Waals surface area contributed by atoms with E-state index in [2.05, 4.69) is 58.2 Å². The standard InChI is InChI=1S/C16H25BrN2O/c1-16(2)7-4-9-19(16)14-6-5-13(15(17)11-14)12-18-8-10-20-3/h5-6,11,18H,4,7-10,12H2,1-3H3. The zero-order valence-electron chi connectivity index (χ0n) is 12.7. The molecule has 1 N–H and O–H groups in total. The summed E-state index contributed by atoms with van der Waals surface area (Å²) < 4.78 is 6.22. The molecule has 2 rings (SSSR count). The van der Waals surface area contributed by atoms with Crippen molar-refractivity contribution < 1.29 is 4.74 Å². The van der Waals surface area contributed by atoms with E-state index in [0.717, 1.165) is 26.2 Å². The van der Waals surface area contributed by atoms with Gasteiger partial charge in [-0.3, -0.25) is 0 Å². The maximum Gasteiger partial charge on any atom is 0.0587 e. The highest BCUT2D eigenvalue weighted by Gasteiger charge is 2.31. The zero-order valence-corrected chi connectivity index (χ0v) is 14.3. The maximum atomic E-state index is 5.04. The third-order valence-electron chi connectivity index (χ3n) is 4.05. The molecule has 0 saturated carbocycles. The van der Waals surface area contributed by atoms with Gasteiger partial charge in [0.1, 0.15) is 0 Å². The van der Waals surface area contributed by atoms with Gasteiger partial charge in [0.25, 0.3) is 0 Å². The van der Waals surface area contributed by atoms with E-state index in [1.54, 1.807) is 7.11 Å². The molecule has 20 heavy (non-hydrogen) atoms. The van der Waals surface area contributed by atoms with E-state index in [9.17, 15) is 0 Å². The van der Waals surface area contributed by atoms with E-state index in [-0.39, 0.29) is 5.54 Å². The summed E-state index contributed by atoms with van der Waals surface area (Å²) >= 11 is 3.70. The van der Waals surface area contributed by atoms with Crippen molar-refractivity contribution in [2.24, 2.45) is 0 Å². The number of hydrogen-bond acceptors (Lipinski definition) is 3. The summed E-state index contributed by atoms with van der Waals surface area (Å²) in [6.45, 7) is 8.31. The molecule has 1 fully saturated rings. The van der Waals surface area contributed by atoms with Crippen molar-refractivity contribution in [3.63, 3.8) is 0 Å². The molecule has 1 aromatic rings. The van der Waals surface area contributed by atoms with Crippen molar-refractivity contribution in [3.05, 3.63) is 28.2 Å². The SMILES string of the molecule is COCCNCc1ccc(N2CCCC2(C)C)cc1Br. The number of nitrogens with zero attached hydrogens (tertiary/aromatic N) is 1. The molecule has 1 saturated heterocycles. The Kier molecular flexibility index (Phi) is 5.47. The predicted octanol–water partition coefficient (Wildman–Crippen LogP) is 3.56. The van der Waals surface area contributed by atoms with Gasteiger partial charge in [0, 0.05) is 42.4 Å². The Balaban J connectivity index is 2.02. The highest BCUT2D eigenvalue weighted by atomic mass is 79.9. The number of methoxy groups -OCH3 is 1. The van der Waals surface area contributed by atoms with Gasteiger partial charge in [-0.15, -0.1) is 0 Å². The highest BCUT2D eigenvalue weighted by Crippen LogP contribution is 2.35. The molecule has 0 amide bonds. The molecule has 3 nitrogen and oxygen atoms in total. The van der Waals surface area contributed by atoms with Crippen LogP contribution in [0.25, 0.3) is 0 Å². The Morgan fingerprint density at radius 2 is 2.20 bits per heavy atom. The van der Waals surface area contributed by atoms with E-state index >= 15 is 0 Å². The smallest absolute Gasteiger partial charge is 0.0587 e. The van der Waals surface area contributed by atoms with Gasteiger partial charge in [0.05, 0.1) is 6.61 Å². The number of hydrogen-bond donors (Lipinski definition) is 1. The van der Waals surface area contributed by atoms with Gasteiger partial charge >= 0.3 is 0 Å². The van der Waals surface area contributed by atoms with Crippen LogP contribution in [0.3, 0.4) is 0 Å². The van der Waals surface area contributed by atoms with Crippen LogP contribution in [0.15, 0.2) is 22.7 Å². The molecule has 0 atom stereocenters. The van der Waals surface area contributed by atoms with Crippen LogP contribution in [0.2, 0.25) is 0 Å². The topological polar surface area (TPSA) is 24.5 Å². The second-order valence-electron chi connectivity index (χ2n) is 6.01. The van der Waals surface area contributed by atoms with Gasteiger partial charge in [-0.2, -0.15) is 0 Å². The molecule has 0 radical (unpaired) electrons. The molecule has 0 bridgehead atoms. The highest BCUT2D eigenvalue weighted by molar-refractivity contribution is 9.10. The summed E-state index contributed by atoms with van der Waals surface area (Å²) in [6, 6.07) is 6.71. The molecular weight excluding hydrogens is 316 g/mol. The fraction of sp³-hybridized carbons (Fsp3) is 0.625. The third kappa shape index (κ3) is 3.74. The van der Waals surface area contributed by atoms with Crippen molar-refractivity contribution in [3.8, 4) is 0 Å². The lowest BCUT2D eigenvalue weighted by Gasteiger charge is -2.34. The maximum absolute atomic E-state index is 5.04. The molecule has 0 spiro atoms. The average molecular weight is 341 g/mol. The molecule has 1 aliphatic rings. The summed E-state index contributed by atoms with van der Waals surface area (Å²) in [6.07, 6.45) is 2.55. The van der Waals surface area contributed by atoms with Gasteiger partial charge in [0.15, 0.2) is 0 Å². The van der Waals surface area contributed by atoms with E-state index in [4.69, 9.17) is 4.74 Å². The molecule has 0 aromatic heterocycles. The first kappa shape index (κ1) is 15.8. The molecule has 0 unspecified atom stereocenters. The molecular formula is C16H25BrN2O. The van der Waals surface area contributed by atoms with Crippen LogP contribution >= 0.6 is 15.9 Å². The summed E-state index contributed by atoms with van der Waals surface area (Å²) in [5.74, 6) is 0. The van der Waals surface area contributed by atoms with Crippen molar-refractivity contribution >= 4 is 21.6 Å². The Labute approximate surface area is 130 Å². The Hall–Kier alpha value is -0.580. The van der Waals surface area contributed by atoms with Crippen LogP contribution in [0.1, 0.15) is 32.3 Å². The lowest BCUT2D eigenvalue weighted by atomic mass is 10.0. The molecule has 1 heterocycles. The van der Waals surface area contributed by atoms with Crippen molar-refractivity contribution in [1.29, 1.82) is 0 Å². The predicted molar refractivity (Wildman–Crippen MR) is 88.4 cm³/mol. The zero-order chi connectivity index (χ0) is 14.6. The number of anilines is 1. The number of nitrogens with one attached hydrogen (secondary N) is 1. The first-order valence-electron chi connectivity index (χ1n) is 7.30.